The number of benzene rings is 1. The van der Waals surface area contributed by atoms with E-state index in [9.17, 15) is 4.79 Å². The number of rotatable bonds is 4. The van der Waals surface area contributed by atoms with Gasteiger partial charge in [-0.15, -0.1) is 0 Å². The molecule has 1 fully saturated rings. The molecule has 2 rings (SSSR count). The summed E-state index contributed by atoms with van der Waals surface area (Å²) in [5.74, 6) is 0. The summed E-state index contributed by atoms with van der Waals surface area (Å²) in [6.07, 6.45) is 3.23. The molecule has 1 aromatic rings. The average molecular weight is 190 g/mol. The molecule has 2 nitrogen and oxygen atoms in total. The van der Waals surface area contributed by atoms with Crippen molar-refractivity contribution in [3.05, 3.63) is 35.4 Å². The van der Waals surface area contributed by atoms with Crippen molar-refractivity contribution in [3.8, 4) is 0 Å². The van der Waals surface area contributed by atoms with Crippen LogP contribution in [0.15, 0.2) is 24.3 Å². The second-order valence-electron chi connectivity index (χ2n) is 3.96. The standard InChI is InChI=1S/C12H14O2/c1-14-9-12(5-6-12)11-4-2-3-10(7-11)8-13/h2-4,7-8H,5-6,9H2,1H3. The van der Waals surface area contributed by atoms with Gasteiger partial charge in [-0.3, -0.25) is 4.79 Å². The lowest BCUT2D eigenvalue weighted by Crippen LogP contribution is -2.14. The van der Waals surface area contributed by atoms with Gasteiger partial charge in [0.1, 0.15) is 6.29 Å². The Bertz CT molecular complexity index is 340. The molecule has 0 amide bonds. The fraction of sp³-hybridized carbons (Fsp3) is 0.417. The predicted molar refractivity (Wildman–Crippen MR) is 54.6 cm³/mol. The second kappa shape index (κ2) is 3.54. The van der Waals surface area contributed by atoms with Crippen LogP contribution in [0, 0.1) is 0 Å². The third kappa shape index (κ3) is 1.58. The average Bonchev–Trinajstić information content (AvgIpc) is 3.00. The van der Waals surface area contributed by atoms with Crippen LogP contribution in [-0.2, 0) is 10.2 Å². The predicted octanol–water partition coefficient (Wildman–Crippen LogP) is 2.18. The maximum atomic E-state index is 10.6. The van der Waals surface area contributed by atoms with Crippen molar-refractivity contribution in [2.75, 3.05) is 13.7 Å². The first-order chi connectivity index (χ1) is 6.80. The highest BCUT2D eigenvalue weighted by atomic mass is 16.5. The molecule has 1 aromatic carbocycles. The van der Waals surface area contributed by atoms with Gasteiger partial charge >= 0.3 is 0 Å². The van der Waals surface area contributed by atoms with Crippen LogP contribution >= 0.6 is 0 Å². The van der Waals surface area contributed by atoms with E-state index in [1.807, 2.05) is 18.2 Å². The van der Waals surface area contributed by atoms with Gasteiger partial charge in [0, 0.05) is 18.1 Å². The summed E-state index contributed by atoms with van der Waals surface area (Å²) in [5.41, 5.74) is 2.20. The number of carbonyl (C=O) groups excluding carboxylic acids is 1. The summed E-state index contributed by atoms with van der Waals surface area (Å²) >= 11 is 0. The molecule has 1 aliphatic rings. The van der Waals surface area contributed by atoms with Gasteiger partial charge in [-0.25, -0.2) is 0 Å². The number of aldehydes is 1. The molecule has 0 heterocycles. The van der Waals surface area contributed by atoms with Gasteiger partial charge in [-0.2, -0.15) is 0 Å². The number of hydrogen-bond acceptors (Lipinski definition) is 2. The zero-order chi connectivity index (χ0) is 10.0. The SMILES string of the molecule is COCC1(c2cccc(C=O)c2)CC1. The number of methoxy groups -OCH3 is 1. The van der Waals surface area contributed by atoms with E-state index >= 15 is 0 Å². The molecule has 74 valence electrons. The summed E-state index contributed by atoms with van der Waals surface area (Å²) in [6, 6.07) is 7.83. The Hall–Kier alpha value is -1.15. The molecule has 1 saturated carbocycles. The molecular weight excluding hydrogens is 176 g/mol. The molecule has 0 atom stereocenters. The smallest absolute Gasteiger partial charge is 0.150 e. The minimum atomic E-state index is 0.202. The molecule has 0 aliphatic heterocycles. The van der Waals surface area contributed by atoms with Crippen LogP contribution in [0.2, 0.25) is 0 Å². The van der Waals surface area contributed by atoms with Crippen LogP contribution < -0.4 is 0 Å². The topological polar surface area (TPSA) is 26.3 Å². The van der Waals surface area contributed by atoms with Crippen LogP contribution in [0.5, 0.6) is 0 Å². The minimum Gasteiger partial charge on any atom is -0.384 e. The molecule has 0 bridgehead atoms. The van der Waals surface area contributed by atoms with Crippen LogP contribution in [0.25, 0.3) is 0 Å². The van der Waals surface area contributed by atoms with Gasteiger partial charge in [0.05, 0.1) is 6.61 Å². The van der Waals surface area contributed by atoms with Gasteiger partial charge in [0.25, 0.3) is 0 Å². The van der Waals surface area contributed by atoms with E-state index in [1.54, 1.807) is 7.11 Å². The van der Waals surface area contributed by atoms with Gasteiger partial charge in [0.2, 0.25) is 0 Å². The second-order valence-corrected chi connectivity index (χ2v) is 3.96. The number of hydrogen-bond donors (Lipinski definition) is 0. The lowest BCUT2D eigenvalue weighted by Gasteiger charge is -2.14. The molecule has 14 heavy (non-hydrogen) atoms. The Morgan fingerprint density at radius 1 is 1.50 bits per heavy atom. The monoisotopic (exact) mass is 190 g/mol. The van der Waals surface area contributed by atoms with Crippen molar-refractivity contribution in [1.82, 2.24) is 0 Å². The number of carbonyl (C=O) groups is 1. The zero-order valence-electron chi connectivity index (χ0n) is 8.32. The lowest BCUT2D eigenvalue weighted by molar-refractivity contribution is 0.112. The fourth-order valence-corrected chi connectivity index (χ4v) is 1.89. The van der Waals surface area contributed by atoms with Crippen LogP contribution in [0.3, 0.4) is 0 Å². The van der Waals surface area contributed by atoms with Gasteiger partial charge in [-0.05, 0) is 24.5 Å². The normalized spacial score (nSPS) is 17.8. The van der Waals surface area contributed by atoms with Gasteiger partial charge < -0.3 is 4.74 Å². The Morgan fingerprint density at radius 3 is 2.86 bits per heavy atom. The van der Waals surface area contributed by atoms with E-state index in [2.05, 4.69) is 6.07 Å². The van der Waals surface area contributed by atoms with Crippen LogP contribution in [0.4, 0.5) is 0 Å². The van der Waals surface area contributed by atoms with Crippen molar-refractivity contribution in [1.29, 1.82) is 0 Å². The summed E-state index contributed by atoms with van der Waals surface area (Å²) < 4.78 is 5.21. The first kappa shape index (κ1) is 9.41. The molecule has 1 aliphatic carbocycles. The molecule has 0 unspecified atom stereocenters. The zero-order valence-corrected chi connectivity index (χ0v) is 8.32. The van der Waals surface area contributed by atoms with E-state index in [4.69, 9.17) is 4.74 Å². The van der Waals surface area contributed by atoms with E-state index in [-0.39, 0.29) is 5.41 Å². The summed E-state index contributed by atoms with van der Waals surface area (Å²) in [4.78, 5) is 10.6. The Kier molecular flexibility index (Phi) is 2.38. The molecule has 0 spiro atoms. The van der Waals surface area contributed by atoms with Crippen LogP contribution in [0.1, 0.15) is 28.8 Å². The maximum absolute atomic E-state index is 10.6. The van der Waals surface area contributed by atoms with E-state index in [1.165, 1.54) is 18.4 Å². The van der Waals surface area contributed by atoms with Crippen molar-refractivity contribution in [2.24, 2.45) is 0 Å². The maximum Gasteiger partial charge on any atom is 0.150 e. The third-order valence-corrected chi connectivity index (χ3v) is 2.91. The molecule has 0 aromatic heterocycles. The Balaban J connectivity index is 2.27. The lowest BCUT2D eigenvalue weighted by atomic mass is 9.95. The van der Waals surface area contributed by atoms with Crippen molar-refractivity contribution < 1.29 is 9.53 Å². The Labute approximate surface area is 83.9 Å². The first-order valence-corrected chi connectivity index (χ1v) is 4.85. The highest BCUT2D eigenvalue weighted by Gasteiger charge is 2.44. The van der Waals surface area contributed by atoms with Gasteiger partial charge in [0.15, 0.2) is 0 Å². The summed E-state index contributed by atoms with van der Waals surface area (Å²) in [7, 11) is 1.73. The first-order valence-electron chi connectivity index (χ1n) is 4.85. The minimum absolute atomic E-state index is 0.202. The Morgan fingerprint density at radius 2 is 2.29 bits per heavy atom. The molecular formula is C12H14O2. The molecule has 2 heteroatoms. The third-order valence-electron chi connectivity index (χ3n) is 2.91. The number of ether oxygens (including phenoxy) is 1. The quantitative estimate of drug-likeness (QED) is 0.680. The highest BCUT2D eigenvalue weighted by Crippen LogP contribution is 2.48. The van der Waals surface area contributed by atoms with Crippen molar-refractivity contribution in [3.63, 3.8) is 0 Å². The highest BCUT2D eigenvalue weighted by molar-refractivity contribution is 5.75. The molecule has 0 saturated heterocycles. The largest absolute Gasteiger partial charge is 0.384 e. The van der Waals surface area contributed by atoms with Crippen molar-refractivity contribution in [2.45, 2.75) is 18.3 Å². The van der Waals surface area contributed by atoms with Crippen molar-refractivity contribution >= 4 is 6.29 Å². The summed E-state index contributed by atoms with van der Waals surface area (Å²) in [5, 5.41) is 0. The van der Waals surface area contributed by atoms with Gasteiger partial charge in [-0.1, -0.05) is 18.2 Å². The molecule has 0 N–H and O–H groups in total. The van der Waals surface area contributed by atoms with E-state index in [0.717, 1.165) is 18.5 Å². The van der Waals surface area contributed by atoms with E-state index in [0.29, 0.717) is 0 Å². The fourth-order valence-electron chi connectivity index (χ4n) is 1.89. The summed E-state index contributed by atoms with van der Waals surface area (Å²) in [6.45, 7) is 0.759. The van der Waals surface area contributed by atoms with E-state index < -0.39 is 0 Å². The van der Waals surface area contributed by atoms with Crippen LogP contribution in [-0.4, -0.2) is 20.0 Å². The molecule has 0 radical (unpaired) electrons.